The molecule has 1 aromatic carbocycles. The third-order valence-electron chi connectivity index (χ3n) is 3.59. The van der Waals surface area contributed by atoms with Gasteiger partial charge in [-0.15, -0.1) is 0 Å². The number of unbranched alkanes of at least 4 members (excludes halogenated alkanes) is 2. The Morgan fingerprint density at radius 2 is 2.00 bits per heavy atom. The number of methoxy groups -OCH3 is 1. The van der Waals surface area contributed by atoms with Crippen LogP contribution >= 0.6 is 24.0 Å². The number of hydrogen-bond acceptors (Lipinski definition) is 5. The number of benzene rings is 1. The van der Waals surface area contributed by atoms with Crippen molar-refractivity contribution < 1.29 is 14.3 Å². The van der Waals surface area contributed by atoms with Gasteiger partial charge in [-0.2, -0.15) is 0 Å². The Bertz CT molecular complexity index is 656. The standard InChI is InChI=1S/C17H20N2O3S2/c1-22-13-8-6-12(7-9-13)11-14-16(21)19(17(23)24-14)10-4-2-3-5-15(18)20/h6-9,11H,2-5,10H2,1H3,(H2,18,20)/b14-11+. The summed E-state index contributed by atoms with van der Waals surface area (Å²) in [5.41, 5.74) is 6.04. The quantitative estimate of drug-likeness (QED) is 0.436. The third-order valence-corrected chi connectivity index (χ3v) is 4.97. The average Bonchev–Trinajstić information content (AvgIpc) is 2.82. The van der Waals surface area contributed by atoms with Crippen LogP contribution in [-0.2, 0) is 9.59 Å². The molecule has 0 saturated carbocycles. The molecular weight excluding hydrogens is 344 g/mol. The number of rotatable bonds is 8. The van der Waals surface area contributed by atoms with Crippen LogP contribution in [-0.4, -0.2) is 34.7 Å². The molecule has 2 N–H and O–H groups in total. The lowest BCUT2D eigenvalue weighted by molar-refractivity contribution is -0.122. The summed E-state index contributed by atoms with van der Waals surface area (Å²) in [6.45, 7) is 0.573. The van der Waals surface area contributed by atoms with Gasteiger partial charge in [-0.25, -0.2) is 0 Å². The molecule has 1 aliphatic heterocycles. The lowest BCUT2D eigenvalue weighted by Crippen LogP contribution is -2.29. The van der Waals surface area contributed by atoms with E-state index in [-0.39, 0.29) is 11.8 Å². The van der Waals surface area contributed by atoms with E-state index in [0.29, 0.717) is 22.2 Å². The van der Waals surface area contributed by atoms with E-state index in [4.69, 9.17) is 22.7 Å². The number of primary amides is 1. The van der Waals surface area contributed by atoms with Gasteiger partial charge in [0.15, 0.2) is 0 Å². The zero-order valence-corrected chi connectivity index (χ0v) is 15.1. The van der Waals surface area contributed by atoms with Gasteiger partial charge in [0.25, 0.3) is 5.91 Å². The van der Waals surface area contributed by atoms with Crippen molar-refractivity contribution in [2.24, 2.45) is 5.73 Å². The molecule has 1 heterocycles. The Morgan fingerprint density at radius 3 is 2.62 bits per heavy atom. The molecule has 1 saturated heterocycles. The van der Waals surface area contributed by atoms with Crippen LogP contribution in [0.3, 0.4) is 0 Å². The monoisotopic (exact) mass is 364 g/mol. The molecule has 24 heavy (non-hydrogen) atoms. The number of hydrogen-bond donors (Lipinski definition) is 1. The number of nitrogens with zero attached hydrogens (tertiary/aromatic N) is 1. The summed E-state index contributed by atoms with van der Waals surface area (Å²) in [6.07, 6.45) is 4.61. The smallest absolute Gasteiger partial charge is 0.266 e. The highest BCUT2D eigenvalue weighted by Gasteiger charge is 2.31. The predicted octanol–water partition coefficient (Wildman–Crippen LogP) is 2.94. The number of carbonyl (C=O) groups excluding carboxylic acids is 2. The van der Waals surface area contributed by atoms with Crippen molar-refractivity contribution in [3.05, 3.63) is 34.7 Å². The molecule has 0 atom stereocenters. The van der Waals surface area contributed by atoms with Crippen molar-refractivity contribution >= 4 is 46.2 Å². The molecule has 1 fully saturated rings. The number of ether oxygens (including phenoxy) is 1. The van der Waals surface area contributed by atoms with E-state index in [0.717, 1.165) is 30.6 Å². The van der Waals surface area contributed by atoms with E-state index in [1.807, 2.05) is 30.3 Å². The SMILES string of the molecule is COc1ccc(/C=C2/SC(=S)N(CCCCCC(N)=O)C2=O)cc1. The Hall–Kier alpha value is -1.86. The number of thiocarbonyl (C=S) groups is 1. The molecule has 128 valence electrons. The van der Waals surface area contributed by atoms with Gasteiger partial charge in [0.05, 0.1) is 12.0 Å². The molecule has 1 aliphatic rings. The van der Waals surface area contributed by atoms with Crippen molar-refractivity contribution in [1.82, 2.24) is 4.90 Å². The lowest BCUT2D eigenvalue weighted by atomic mass is 10.2. The van der Waals surface area contributed by atoms with E-state index in [2.05, 4.69) is 0 Å². The summed E-state index contributed by atoms with van der Waals surface area (Å²) in [5, 5.41) is 0. The molecule has 5 nitrogen and oxygen atoms in total. The minimum Gasteiger partial charge on any atom is -0.497 e. The number of thioether (sulfide) groups is 1. The number of amides is 2. The zero-order valence-electron chi connectivity index (χ0n) is 13.5. The second kappa shape index (κ2) is 8.84. The number of nitrogens with two attached hydrogens (primary N) is 1. The summed E-state index contributed by atoms with van der Waals surface area (Å²) in [7, 11) is 1.61. The van der Waals surface area contributed by atoms with Crippen molar-refractivity contribution in [3.63, 3.8) is 0 Å². The molecular formula is C17H20N2O3S2. The second-order valence-corrected chi connectivity index (χ2v) is 7.06. The first-order chi connectivity index (χ1) is 11.5. The van der Waals surface area contributed by atoms with Crippen LogP contribution in [0.5, 0.6) is 5.75 Å². The predicted molar refractivity (Wildman–Crippen MR) is 101 cm³/mol. The fourth-order valence-corrected chi connectivity index (χ4v) is 3.60. The Labute approximate surface area is 151 Å². The summed E-state index contributed by atoms with van der Waals surface area (Å²) in [4.78, 5) is 25.4. The number of carbonyl (C=O) groups is 2. The van der Waals surface area contributed by atoms with Crippen LogP contribution in [0.25, 0.3) is 6.08 Å². The van der Waals surface area contributed by atoms with Crippen LogP contribution in [0, 0.1) is 0 Å². The highest BCUT2D eigenvalue weighted by atomic mass is 32.2. The molecule has 0 spiro atoms. The molecule has 0 unspecified atom stereocenters. The highest BCUT2D eigenvalue weighted by molar-refractivity contribution is 8.26. The van der Waals surface area contributed by atoms with Crippen molar-refractivity contribution in [1.29, 1.82) is 0 Å². The van der Waals surface area contributed by atoms with Gasteiger partial charge in [0.2, 0.25) is 5.91 Å². The minimum atomic E-state index is -0.289. The van der Waals surface area contributed by atoms with Crippen LogP contribution < -0.4 is 10.5 Å². The van der Waals surface area contributed by atoms with Crippen molar-refractivity contribution in [3.8, 4) is 5.75 Å². The van der Waals surface area contributed by atoms with E-state index in [1.165, 1.54) is 11.8 Å². The minimum absolute atomic E-state index is 0.0595. The van der Waals surface area contributed by atoms with E-state index < -0.39 is 0 Å². The van der Waals surface area contributed by atoms with E-state index in [1.54, 1.807) is 12.0 Å². The largest absolute Gasteiger partial charge is 0.497 e. The van der Waals surface area contributed by atoms with E-state index >= 15 is 0 Å². The zero-order chi connectivity index (χ0) is 17.5. The van der Waals surface area contributed by atoms with Crippen LogP contribution in [0.1, 0.15) is 31.2 Å². The van der Waals surface area contributed by atoms with Crippen LogP contribution in [0.4, 0.5) is 0 Å². The van der Waals surface area contributed by atoms with Crippen LogP contribution in [0.15, 0.2) is 29.2 Å². The molecule has 2 amide bonds. The first-order valence-corrected chi connectivity index (χ1v) is 8.91. The molecule has 0 bridgehead atoms. The first kappa shape index (κ1) is 18.5. The van der Waals surface area contributed by atoms with Crippen molar-refractivity contribution in [2.45, 2.75) is 25.7 Å². The molecule has 0 aliphatic carbocycles. The van der Waals surface area contributed by atoms with Gasteiger partial charge in [-0.3, -0.25) is 14.5 Å². The van der Waals surface area contributed by atoms with Gasteiger partial charge in [0, 0.05) is 13.0 Å². The van der Waals surface area contributed by atoms with Gasteiger partial charge >= 0.3 is 0 Å². The normalized spacial score (nSPS) is 16.0. The fraction of sp³-hybridized carbons (Fsp3) is 0.353. The molecule has 2 rings (SSSR count). The molecule has 0 radical (unpaired) electrons. The second-order valence-electron chi connectivity index (χ2n) is 5.38. The highest BCUT2D eigenvalue weighted by Crippen LogP contribution is 2.33. The summed E-state index contributed by atoms with van der Waals surface area (Å²) < 4.78 is 5.70. The molecule has 7 heteroatoms. The Morgan fingerprint density at radius 1 is 1.29 bits per heavy atom. The fourth-order valence-electron chi connectivity index (χ4n) is 2.29. The molecule has 1 aromatic rings. The topological polar surface area (TPSA) is 72.6 Å². The maximum Gasteiger partial charge on any atom is 0.266 e. The Balaban J connectivity index is 1.92. The van der Waals surface area contributed by atoms with Gasteiger partial charge in [-0.1, -0.05) is 42.5 Å². The van der Waals surface area contributed by atoms with E-state index in [9.17, 15) is 9.59 Å². The molecule has 0 aromatic heterocycles. The maximum atomic E-state index is 12.5. The van der Waals surface area contributed by atoms with Crippen LogP contribution in [0.2, 0.25) is 0 Å². The first-order valence-electron chi connectivity index (χ1n) is 7.69. The maximum absolute atomic E-state index is 12.5. The summed E-state index contributed by atoms with van der Waals surface area (Å²) in [5.74, 6) is 0.425. The van der Waals surface area contributed by atoms with Gasteiger partial charge in [0.1, 0.15) is 10.1 Å². The summed E-state index contributed by atoms with van der Waals surface area (Å²) in [6, 6.07) is 7.50. The van der Waals surface area contributed by atoms with Crippen molar-refractivity contribution in [2.75, 3.05) is 13.7 Å². The average molecular weight is 364 g/mol. The lowest BCUT2D eigenvalue weighted by Gasteiger charge is -2.13. The summed E-state index contributed by atoms with van der Waals surface area (Å²) >= 11 is 6.62. The van der Waals surface area contributed by atoms with Gasteiger partial charge < -0.3 is 10.5 Å². The van der Waals surface area contributed by atoms with Gasteiger partial charge in [-0.05, 0) is 36.6 Å². The third kappa shape index (κ3) is 5.07. The Kier molecular flexibility index (Phi) is 6.81.